The summed E-state index contributed by atoms with van der Waals surface area (Å²) in [7, 11) is 0. The van der Waals surface area contributed by atoms with E-state index in [-0.39, 0.29) is 5.60 Å². The molecule has 13 heavy (non-hydrogen) atoms. The molecule has 72 valence electrons. The van der Waals surface area contributed by atoms with Crippen molar-refractivity contribution in [2.24, 2.45) is 0 Å². The van der Waals surface area contributed by atoms with Crippen LogP contribution in [-0.2, 0) is 16.9 Å². The van der Waals surface area contributed by atoms with Gasteiger partial charge in [0.15, 0.2) is 0 Å². The van der Waals surface area contributed by atoms with Crippen molar-refractivity contribution >= 4 is 0 Å². The average Bonchev–Trinajstić information content (AvgIpc) is 2.72. The van der Waals surface area contributed by atoms with Crippen LogP contribution in [0.2, 0.25) is 0 Å². The predicted octanol–water partition coefficient (Wildman–Crippen LogP) is 1.77. The maximum absolute atomic E-state index is 5.45. The molecule has 1 aromatic heterocycles. The van der Waals surface area contributed by atoms with E-state index in [0.29, 0.717) is 0 Å². The van der Waals surface area contributed by atoms with Crippen LogP contribution in [0.3, 0.4) is 0 Å². The third kappa shape index (κ3) is 1.18. The summed E-state index contributed by atoms with van der Waals surface area (Å²) < 4.78 is 7.49. The fourth-order valence-electron chi connectivity index (χ4n) is 2.02. The lowest BCUT2D eigenvalue weighted by molar-refractivity contribution is 0.327. The lowest BCUT2D eigenvalue weighted by atomic mass is 10.0. The van der Waals surface area contributed by atoms with Crippen LogP contribution < -0.4 is 0 Å². The van der Waals surface area contributed by atoms with Crippen molar-refractivity contribution in [1.82, 2.24) is 9.78 Å². The van der Waals surface area contributed by atoms with Crippen molar-refractivity contribution in [2.75, 3.05) is 6.61 Å². The lowest BCUT2D eigenvalue weighted by Gasteiger charge is -2.05. The summed E-state index contributed by atoms with van der Waals surface area (Å²) in [6.07, 6.45) is 0. The number of aromatic nitrogens is 2. The third-order valence-corrected chi connectivity index (χ3v) is 2.79. The molecule has 0 saturated carbocycles. The molecule has 0 N–H and O–H groups in total. The van der Waals surface area contributed by atoms with Crippen molar-refractivity contribution in [3.8, 4) is 0 Å². The number of hydrogen-bond donors (Lipinski definition) is 0. The molecule has 1 unspecified atom stereocenters. The first kappa shape index (κ1) is 8.75. The van der Waals surface area contributed by atoms with Gasteiger partial charge in [0.25, 0.3) is 0 Å². The zero-order valence-electron chi connectivity index (χ0n) is 8.72. The Hall–Kier alpha value is -0.830. The van der Waals surface area contributed by atoms with Gasteiger partial charge in [0.05, 0.1) is 12.3 Å². The molecule has 1 aromatic rings. The Morgan fingerprint density at radius 2 is 2.15 bits per heavy atom. The van der Waals surface area contributed by atoms with E-state index in [1.54, 1.807) is 0 Å². The molecule has 1 aliphatic rings. The quantitative estimate of drug-likeness (QED) is 0.649. The molecule has 0 bridgehead atoms. The molecule has 3 nitrogen and oxygen atoms in total. The topological polar surface area (TPSA) is 30.4 Å². The SMILES string of the molecule is CCn1nc(C)c(C2(C)CO2)c1C. The predicted molar refractivity (Wildman–Crippen MR) is 50.7 cm³/mol. The highest BCUT2D eigenvalue weighted by Crippen LogP contribution is 2.41. The fraction of sp³-hybridized carbons (Fsp3) is 0.700. The van der Waals surface area contributed by atoms with Crippen LogP contribution in [0.25, 0.3) is 0 Å². The van der Waals surface area contributed by atoms with Crippen LogP contribution in [0.1, 0.15) is 30.8 Å². The molecule has 2 heterocycles. The van der Waals surface area contributed by atoms with E-state index in [1.165, 1.54) is 11.3 Å². The third-order valence-electron chi connectivity index (χ3n) is 2.79. The van der Waals surface area contributed by atoms with E-state index < -0.39 is 0 Å². The van der Waals surface area contributed by atoms with E-state index in [2.05, 4.69) is 32.8 Å². The van der Waals surface area contributed by atoms with Crippen LogP contribution in [0.4, 0.5) is 0 Å². The van der Waals surface area contributed by atoms with Gasteiger partial charge < -0.3 is 4.74 Å². The number of hydrogen-bond acceptors (Lipinski definition) is 2. The maximum atomic E-state index is 5.45. The molecule has 0 spiro atoms. The van der Waals surface area contributed by atoms with Crippen LogP contribution in [0.5, 0.6) is 0 Å². The van der Waals surface area contributed by atoms with E-state index in [9.17, 15) is 0 Å². The summed E-state index contributed by atoms with van der Waals surface area (Å²) in [5.41, 5.74) is 3.61. The smallest absolute Gasteiger partial charge is 0.117 e. The van der Waals surface area contributed by atoms with E-state index >= 15 is 0 Å². The highest BCUT2D eigenvalue weighted by Gasteiger charge is 2.45. The highest BCUT2D eigenvalue weighted by molar-refractivity contribution is 5.33. The molecule has 0 amide bonds. The first-order chi connectivity index (χ1) is 6.08. The second-order valence-corrected chi connectivity index (χ2v) is 3.88. The van der Waals surface area contributed by atoms with Gasteiger partial charge >= 0.3 is 0 Å². The summed E-state index contributed by atoms with van der Waals surface area (Å²) in [5, 5.41) is 4.47. The van der Waals surface area contributed by atoms with Gasteiger partial charge in [-0.25, -0.2) is 0 Å². The lowest BCUT2D eigenvalue weighted by Crippen LogP contribution is -2.06. The van der Waals surface area contributed by atoms with Gasteiger partial charge in [-0.2, -0.15) is 5.10 Å². The van der Waals surface area contributed by atoms with Crippen LogP contribution in [0.15, 0.2) is 0 Å². The Morgan fingerprint density at radius 3 is 2.54 bits per heavy atom. The maximum Gasteiger partial charge on any atom is 0.117 e. The molecule has 0 radical (unpaired) electrons. The van der Waals surface area contributed by atoms with Crippen molar-refractivity contribution in [1.29, 1.82) is 0 Å². The minimum atomic E-state index is -0.0401. The first-order valence-electron chi connectivity index (χ1n) is 4.77. The van der Waals surface area contributed by atoms with Crippen LogP contribution in [-0.4, -0.2) is 16.4 Å². The van der Waals surface area contributed by atoms with E-state index in [0.717, 1.165) is 18.8 Å². The Kier molecular flexibility index (Phi) is 1.74. The second kappa shape index (κ2) is 2.58. The van der Waals surface area contributed by atoms with Crippen molar-refractivity contribution in [2.45, 2.75) is 39.8 Å². The van der Waals surface area contributed by atoms with Crippen molar-refractivity contribution in [3.05, 3.63) is 17.0 Å². The summed E-state index contributed by atoms with van der Waals surface area (Å²) >= 11 is 0. The number of ether oxygens (including phenoxy) is 1. The average molecular weight is 180 g/mol. The van der Waals surface area contributed by atoms with Gasteiger partial charge in [-0.05, 0) is 27.7 Å². The highest BCUT2D eigenvalue weighted by atomic mass is 16.6. The molecule has 0 aliphatic carbocycles. The summed E-state index contributed by atoms with van der Waals surface area (Å²) in [6.45, 7) is 10.2. The van der Waals surface area contributed by atoms with Gasteiger partial charge in [-0.1, -0.05) is 0 Å². The Balaban J connectivity index is 2.50. The molecular weight excluding hydrogens is 164 g/mol. The normalized spacial score (nSPS) is 26.5. The summed E-state index contributed by atoms with van der Waals surface area (Å²) in [4.78, 5) is 0. The number of nitrogens with zero attached hydrogens (tertiary/aromatic N) is 2. The minimum absolute atomic E-state index is 0.0401. The number of aryl methyl sites for hydroxylation is 2. The molecule has 0 aromatic carbocycles. The summed E-state index contributed by atoms with van der Waals surface area (Å²) in [6, 6.07) is 0. The Labute approximate surface area is 78.7 Å². The minimum Gasteiger partial charge on any atom is -0.365 e. The fourth-order valence-corrected chi connectivity index (χ4v) is 2.02. The van der Waals surface area contributed by atoms with Gasteiger partial charge in [0.2, 0.25) is 0 Å². The van der Waals surface area contributed by atoms with Gasteiger partial charge in [-0.15, -0.1) is 0 Å². The Morgan fingerprint density at radius 1 is 1.54 bits per heavy atom. The van der Waals surface area contributed by atoms with Crippen molar-refractivity contribution < 1.29 is 4.74 Å². The Bertz CT molecular complexity index is 337. The van der Waals surface area contributed by atoms with Gasteiger partial charge in [0.1, 0.15) is 5.60 Å². The molecule has 1 atom stereocenters. The molecular formula is C10H16N2O. The number of epoxide rings is 1. The molecule has 1 aliphatic heterocycles. The number of rotatable bonds is 2. The van der Waals surface area contributed by atoms with Gasteiger partial charge in [-0.3, -0.25) is 4.68 Å². The summed E-state index contributed by atoms with van der Waals surface area (Å²) in [5.74, 6) is 0. The van der Waals surface area contributed by atoms with E-state index in [4.69, 9.17) is 4.74 Å². The molecule has 3 heteroatoms. The largest absolute Gasteiger partial charge is 0.365 e. The monoisotopic (exact) mass is 180 g/mol. The molecule has 2 rings (SSSR count). The standard InChI is InChI=1S/C10H16N2O/c1-5-12-8(3)9(7(2)11-12)10(4)6-13-10/h5-6H2,1-4H3. The van der Waals surface area contributed by atoms with Crippen molar-refractivity contribution in [3.63, 3.8) is 0 Å². The second-order valence-electron chi connectivity index (χ2n) is 3.88. The van der Waals surface area contributed by atoms with E-state index in [1.807, 2.05) is 4.68 Å². The van der Waals surface area contributed by atoms with Crippen LogP contribution >= 0.6 is 0 Å². The molecule has 1 saturated heterocycles. The zero-order valence-corrected chi connectivity index (χ0v) is 8.72. The van der Waals surface area contributed by atoms with Gasteiger partial charge in [0, 0.05) is 17.8 Å². The zero-order chi connectivity index (χ0) is 9.64. The first-order valence-corrected chi connectivity index (χ1v) is 4.77. The van der Waals surface area contributed by atoms with Crippen LogP contribution in [0, 0.1) is 13.8 Å². The molecule has 1 fully saturated rings.